The molecule has 0 heterocycles. The lowest BCUT2D eigenvalue weighted by molar-refractivity contribution is -0.903. The van der Waals surface area contributed by atoms with Crippen LogP contribution in [-0.2, 0) is 6.54 Å². The summed E-state index contributed by atoms with van der Waals surface area (Å²) in [5.74, 6) is 0. The van der Waals surface area contributed by atoms with Crippen molar-refractivity contribution in [3.05, 3.63) is 39.9 Å². The average Bonchev–Trinajstić information content (AvgIpc) is 2.62. The molecular formula is C23H41N2O2+. The summed E-state index contributed by atoms with van der Waals surface area (Å²) in [6.07, 6.45) is 16.6. The number of nitro benzene ring substituents is 1. The number of quaternary nitrogens is 1. The van der Waals surface area contributed by atoms with Gasteiger partial charge in [0.15, 0.2) is 0 Å². The zero-order chi connectivity index (χ0) is 20.0. The molecule has 0 aliphatic carbocycles. The molecule has 0 bridgehead atoms. The smallest absolute Gasteiger partial charge is 0.269 e. The van der Waals surface area contributed by atoms with Crippen LogP contribution in [0.4, 0.5) is 5.69 Å². The van der Waals surface area contributed by atoms with Crippen LogP contribution in [0, 0.1) is 10.1 Å². The lowest BCUT2D eigenvalue weighted by atomic mass is 10.1. The fraction of sp³-hybridized carbons (Fsp3) is 0.739. The molecular weight excluding hydrogens is 336 g/mol. The van der Waals surface area contributed by atoms with Gasteiger partial charge >= 0.3 is 0 Å². The summed E-state index contributed by atoms with van der Waals surface area (Å²) in [5, 5.41) is 10.7. The van der Waals surface area contributed by atoms with Crippen LogP contribution in [0.15, 0.2) is 24.3 Å². The van der Waals surface area contributed by atoms with Gasteiger partial charge in [0, 0.05) is 17.7 Å². The van der Waals surface area contributed by atoms with Crippen molar-refractivity contribution < 1.29 is 9.41 Å². The van der Waals surface area contributed by atoms with E-state index < -0.39 is 0 Å². The van der Waals surface area contributed by atoms with E-state index >= 15 is 0 Å². The van der Waals surface area contributed by atoms with Crippen molar-refractivity contribution in [2.45, 2.75) is 90.5 Å². The fourth-order valence-electron chi connectivity index (χ4n) is 3.68. The summed E-state index contributed by atoms with van der Waals surface area (Å²) < 4.78 is 0.940. The second-order valence-electron chi connectivity index (χ2n) is 8.63. The first-order chi connectivity index (χ1) is 12.9. The van der Waals surface area contributed by atoms with Crippen molar-refractivity contribution in [1.29, 1.82) is 0 Å². The molecule has 0 atom stereocenters. The molecule has 0 amide bonds. The van der Waals surface area contributed by atoms with Crippen LogP contribution in [0.1, 0.15) is 89.5 Å². The minimum atomic E-state index is -0.337. The van der Waals surface area contributed by atoms with Gasteiger partial charge in [-0.1, -0.05) is 71.1 Å². The summed E-state index contributed by atoms with van der Waals surface area (Å²) in [6, 6.07) is 7.00. The zero-order valence-electron chi connectivity index (χ0n) is 17.9. The molecule has 0 saturated heterocycles. The first-order valence-corrected chi connectivity index (χ1v) is 11.0. The lowest BCUT2D eigenvalue weighted by Crippen LogP contribution is -2.39. The third-order valence-electron chi connectivity index (χ3n) is 5.37. The number of non-ortho nitro benzene ring substituents is 1. The van der Waals surface area contributed by atoms with E-state index in [-0.39, 0.29) is 10.6 Å². The van der Waals surface area contributed by atoms with E-state index in [0.717, 1.165) is 17.6 Å². The first-order valence-electron chi connectivity index (χ1n) is 11.0. The van der Waals surface area contributed by atoms with E-state index in [0.29, 0.717) is 0 Å². The molecule has 154 valence electrons. The molecule has 1 aromatic rings. The molecule has 0 fully saturated rings. The second kappa shape index (κ2) is 13.7. The minimum absolute atomic E-state index is 0.171. The third-order valence-corrected chi connectivity index (χ3v) is 5.37. The molecule has 1 rings (SSSR count). The maximum absolute atomic E-state index is 10.7. The van der Waals surface area contributed by atoms with Gasteiger partial charge in [-0.3, -0.25) is 10.1 Å². The van der Waals surface area contributed by atoms with E-state index in [1.165, 1.54) is 82.6 Å². The Bertz CT molecular complexity index is 512. The largest absolute Gasteiger partial charge is 0.325 e. The highest BCUT2D eigenvalue weighted by Gasteiger charge is 2.16. The van der Waals surface area contributed by atoms with Gasteiger partial charge in [0.25, 0.3) is 5.69 Å². The van der Waals surface area contributed by atoms with Crippen LogP contribution >= 0.6 is 0 Å². The van der Waals surface area contributed by atoms with Crippen molar-refractivity contribution in [2.75, 3.05) is 20.6 Å². The Morgan fingerprint density at radius 2 is 1.22 bits per heavy atom. The van der Waals surface area contributed by atoms with Gasteiger partial charge in [-0.25, -0.2) is 0 Å². The van der Waals surface area contributed by atoms with Gasteiger partial charge in [-0.05, 0) is 25.0 Å². The van der Waals surface area contributed by atoms with E-state index in [4.69, 9.17) is 0 Å². The SMILES string of the molecule is CCCCCCCCCCCCCC[N+](C)(C)Cc1ccc([N+](=O)[O-])cc1. The molecule has 27 heavy (non-hydrogen) atoms. The minimum Gasteiger partial charge on any atom is -0.325 e. The number of nitro groups is 1. The van der Waals surface area contributed by atoms with Crippen LogP contribution < -0.4 is 0 Å². The van der Waals surface area contributed by atoms with Gasteiger partial charge < -0.3 is 4.48 Å². The van der Waals surface area contributed by atoms with Crippen LogP contribution in [0.3, 0.4) is 0 Å². The van der Waals surface area contributed by atoms with Gasteiger partial charge in [-0.15, -0.1) is 0 Å². The van der Waals surface area contributed by atoms with Crippen LogP contribution in [0.2, 0.25) is 0 Å². The van der Waals surface area contributed by atoms with Crippen molar-refractivity contribution in [3.63, 3.8) is 0 Å². The number of rotatable bonds is 16. The molecule has 0 radical (unpaired) electrons. The topological polar surface area (TPSA) is 43.1 Å². The van der Waals surface area contributed by atoms with Crippen molar-refractivity contribution >= 4 is 5.69 Å². The number of hydrogen-bond acceptors (Lipinski definition) is 2. The molecule has 4 heteroatoms. The maximum atomic E-state index is 10.7. The number of nitrogens with zero attached hydrogens (tertiary/aromatic N) is 2. The molecule has 0 aliphatic rings. The number of hydrogen-bond donors (Lipinski definition) is 0. The Balaban J connectivity index is 2.05. The van der Waals surface area contributed by atoms with E-state index in [9.17, 15) is 10.1 Å². The van der Waals surface area contributed by atoms with E-state index in [1.54, 1.807) is 12.1 Å². The summed E-state index contributed by atoms with van der Waals surface area (Å²) in [4.78, 5) is 10.4. The van der Waals surface area contributed by atoms with Gasteiger partial charge in [-0.2, -0.15) is 0 Å². The monoisotopic (exact) mass is 377 g/mol. The van der Waals surface area contributed by atoms with Crippen LogP contribution in [-0.4, -0.2) is 30.0 Å². The highest BCUT2D eigenvalue weighted by molar-refractivity contribution is 5.32. The lowest BCUT2D eigenvalue weighted by Gasteiger charge is -2.30. The Morgan fingerprint density at radius 1 is 0.778 bits per heavy atom. The Hall–Kier alpha value is -1.42. The molecule has 0 spiro atoms. The van der Waals surface area contributed by atoms with Gasteiger partial charge in [0.1, 0.15) is 6.54 Å². The van der Waals surface area contributed by atoms with Crippen molar-refractivity contribution in [3.8, 4) is 0 Å². The Morgan fingerprint density at radius 3 is 1.67 bits per heavy atom. The fourth-order valence-corrected chi connectivity index (χ4v) is 3.68. The molecule has 0 aliphatic heterocycles. The summed E-state index contributed by atoms with van der Waals surface area (Å²) >= 11 is 0. The predicted octanol–water partition coefficient (Wildman–Crippen LogP) is 6.87. The standard InChI is InChI=1S/C23H41N2O2/c1-4-5-6-7-8-9-10-11-12-13-14-15-20-25(2,3)21-22-16-18-23(19-17-22)24(26)27/h16-19H,4-15,20-21H2,1-3H3/q+1. The Kier molecular flexibility index (Phi) is 12.0. The molecule has 0 unspecified atom stereocenters. The van der Waals surface area contributed by atoms with Crippen LogP contribution in [0.5, 0.6) is 0 Å². The maximum Gasteiger partial charge on any atom is 0.269 e. The molecule has 0 aromatic heterocycles. The highest BCUT2D eigenvalue weighted by Crippen LogP contribution is 2.17. The normalized spacial score (nSPS) is 11.7. The number of benzene rings is 1. The highest BCUT2D eigenvalue weighted by atomic mass is 16.6. The first kappa shape index (κ1) is 23.6. The van der Waals surface area contributed by atoms with Crippen molar-refractivity contribution in [1.82, 2.24) is 0 Å². The zero-order valence-corrected chi connectivity index (χ0v) is 17.9. The molecule has 0 saturated carbocycles. The van der Waals surface area contributed by atoms with Crippen molar-refractivity contribution in [2.24, 2.45) is 0 Å². The Labute approximate surface area is 166 Å². The second-order valence-corrected chi connectivity index (χ2v) is 8.63. The summed E-state index contributed by atoms with van der Waals surface area (Å²) in [7, 11) is 4.50. The molecule has 1 aromatic carbocycles. The van der Waals surface area contributed by atoms with Gasteiger partial charge in [0.2, 0.25) is 0 Å². The molecule has 0 N–H and O–H groups in total. The van der Waals surface area contributed by atoms with E-state index in [1.807, 2.05) is 12.1 Å². The third kappa shape index (κ3) is 11.8. The van der Waals surface area contributed by atoms with Gasteiger partial charge in [0.05, 0.1) is 25.6 Å². The quantitative estimate of drug-likeness (QED) is 0.136. The predicted molar refractivity (Wildman–Crippen MR) is 115 cm³/mol. The molecule has 4 nitrogen and oxygen atoms in total. The van der Waals surface area contributed by atoms with E-state index in [2.05, 4.69) is 21.0 Å². The summed E-state index contributed by atoms with van der Waals surface area (Å²) in [6.45, 7) is 4.36. The number of unbranched alkanes of at least 4 members (excludes halogenated alkanes) is 11. The summed E-state index contributed by atoms with van der Waals surface area (Å²) in [5.41, 5.74) is 1.34. The van der Waals surface area contributed by atoms with Crippen LogP contribution in [0.25, 0.3) is 0 Å². The average molecular weight is 378 g/mol.